The molecular weight excluding hydrogens is 339 g/mol. The van der Waals surface area contributed by atoms with Gasteiger partial charge in [0, 0.05) is 0 Å². The molecule has 0 aliphatic carbocycles. The second kappa shape index (κ2) is 5.52. The van der Waals surface area contributed by atoms with E-state index in [9.17, 15) is 0 Å². The van der Waals surface area contributed by atoms with Crippen LogP contribution in [0.3, 0.4) is 0 Å². The first-order valence-electron chi connectivity index (χ1n) is 5.49. The maximum atomic E-state index is 2.45. The Kier molecular flexibility index (Phi) is 4.27. The van der Waals surface area contributed by atoms with Crippen molar-refractivity contribution in [1.29, 1.82) is 0 Å². The van der Waals surface area contributed by atoms with Gasteiger partial charge in [-0.05, 0) is 0 Å². The molecule has 0 bridgehead atoms. The molecule has 0 unspecified atom stereocenters. The summed E-state index contributed by atoms with van der Waals surface area (Å²) in [7, 11) is 0. The fourth-order valence-corrected chi connectivity index (χ4v) is 7.73. The molecule has 0 aromatic carbocycles. The van der Waals surface area contributed by atoms with Crippen LogP contribution in [0.25, 0.3) is 12.2 Å². The predicted molar refractivity (Wildman–Crippen MR) is 80.8 cm³/mol. The molecule has 0 saturated carbocycles. The van der Waals surface area contributed by atoms with E-state index in [1.54, 1.807) is 2.89 Å². The SMILES string of the molecule is Cc1ccc(/C=C/c2cc[c]([SnH]([CH3])[CH3])s2)s1. The minimum atomic E-state index is -1.26. The van der Waals surface area contributed by atoms with Crippen LogP contribution < -0.4 is 2.89 Å². The van der Waals surface area contributed by atoms with Gasteiger partial charge in [0.25, 0.3) is 0 Å². The first kappa shape index (κ1) is 12.4. The van der Waals surface area contributed by atoms with Gasteiger partial charge in [-0.2, -0.15) is 0 Å². The molecule has 0 atom stereocenters. The standard InChI is InChI=1S/C11H9S2.2CH3.Sn.H/c1-9-4-5-11(13-9)7-6-10-3-2-8-12-10;;;;/h2-7H,1H3;2*1H3;;/b7-6+;;;;. The van der Waals surface area contributed by atoms with E-state index in [-0.39, 0.29) is 0 Å². The molecule has 0 aliphatic heterocycles. The van der Waals surface area contributed by atoms with E-state index in [2.05, 4.69) is 53.2 Å². The summed E-state index contributed by atoms with van der Waals surface area (Å²) in [5.41, 5.74) is 0. The number of hydrogen-bond donors (Lipinski definition) is 0. The van der Waals surface area contributed by atoms with Gasteiger partial charge in [-0.15, -0.1) is 0 Å². The van der Waals surface area contributed by atoms with Crippen molar-refractivity contribution >= 4 is 57.5 Å². The molecule has 2 heterocycles. The van der Waals surface area contributed by atoms with Gasteiger partial charge < -0.3 is 0 Å². The van der Waals surface area contributed by atoms with Crippen molar-refractivity contribution in [3.05, 3.63) is 38.9 Å². The Labute approximate surface area is 112 Å². The van der Waals surface area contributed by atoms with Crippen molar-refractivity contribution in [3.63, 3.8) is 0 Å². The summed E-state index contributed by atoms with van der Waals surface area (Å²) in [6.45, 7) is 2.15. The molecule has 0 radical (unpaired) electrons. The third kappa shape index (κ3) is 3.22. The molecule has 0 N–H and O–H groups in total. The molecule has 0 amide bonds. The summed E-state index contributed by atoms with van der Waals surface area (Å²) >= 11 is 2.57. The van der Waals surface area contributed by atoms with Crippen LogP contribution in [0.4, 0.5) is 0 Å². The summed E-state index contributed by atoms with van der Waals surface area (Å²) in [6, 6.07) is 8.94. The quantitative estimate of drug-likeness (QED) is 0.731. The van der Waals surface area contributed by atoms with Crippen molar-refractivity contribution in [1.82, 2.24) is 0 Å². The second-order valence-corrected chi connectivity index (χ2v) is 16.2. The van der Waals surface area contributed by atoms with Crippen LogP contribution in [0.1, 0.15) is 14.6 Å². The fraction of sp³-hybridized carbons (Fsp3) is 0.231. The summed E-state index contributed by atoms with van der Waals surface area (Å²) in [6.07, 6.45) is 4.47. The van der Waals surface area contributed by atoms with Crippen LogP contribution in [-0.4, -0.2) is 19.8 Å². The molecule has 0 saturated heterocycles. The topological polar surface area (TPSA) is 0 Å². The number of rotatable bonds is 3. The van der Waals surface area contributed by atoms with Crippen LogP contribution in [0.5, 0.6) is 0 Å². The Morgan fingerprint density at radius 3 is 2.06 bits per heavy atom. The third-order valence-corrected chi connectivity index (χ3v) is 12.2. The van der Waals surface area contributed by atoms with E-state index in [1.165, 1.54) is 14.6 Å². The molecule has 3 heteroatoms. The summed E-state index contributed by atoms with van der Waals surface area (Å²) in [5, 5.41) is 0. The first-order chi connectivity index (χ1) is 7.65. The summed E-state index contributed by atoms with van der Waals surface area (Å²) in [5.74, 6) is 0. The Bertz CT molecular complexity index is 492. The van der Waals surface area contributed by atoms with Crippen LogP contribution in [0.15, 0.2) is 24.3 Å². The van der Waals surface area contributed by atoms with E-state index in [1.807, 2.05) is 22.7 Å². The van der Waals surface area contributed by atoms with Gasteiger partial charge in [-0.1, -0.05) is 0 Å². The summed E-state index contributed by atoms with van der Waals surface area (Å²) < 4.78 is 1.67. The molecule has 2 rings (SSSR count). The van der Waals surface area contributed by atoms with Crippen molar-refractivity contribution in [2.24, 2.45) is 0 Å². The summed E-state index contributed by atoms with van der Waals surface area (Å²) in [4.78, 5) is 9.02. The second-order valence-electron chi connectivity index (χ2n) is 4.18. The van der Waals surface area contributed by atoms with Gasteiger partial charge in [0.15, 0.2) is 0 Å². The van der Waals surface area contributed by atoms with E-state index in [0.29, 0.717) is 0 Å². The normalized spacial score (nSPS) is 11.8. The minimum absolute atomic E-state index is 1.26. The molecule has 2 aromatic heterocycles. The van der Waals surface area contributed by atoms with Crippen LogP contribution in [-0.2, 0) is 0 Å². The maximum absolute atomic E-state index is 2.45. The van der Waals surface area contributed by atoms with Crippen molar-refractivity contribution in [3.8, 4) is 0 Å². The Morgan fingerprint density at radius 1 is 0.938 bits per heavy atom. The molecule has 0 nitrogen and oxygen atoms in total. The molecule has 84 valence electrons. The third-order valence-electron chi connectivity index (χ3n) is 2.39. The molecule has 0 aliphatic rings. The van der Waals surface area contributed by atoms with E-state index < -0.39 is 19.8 Å². The zero-order valence-electron chi connectivity index (χ0n) is 9.86. The van der Waals surface area contributed by atoms with Crippen LogP contribution in [0, 0.1) is 6.92 Å². The first-order valence-corrected chi connectivity index (χ1v) is 15.4. The average molecular weight is 355 g/mol. The van der Waals surface area contributed by atoms with Gasteiger partial charge in [0.2, 0.25) is 0 Å². The Morgan fingerprint density at radius 2 is 1.56 bits per heavy atom. The molecule has 16 heavy (non-hydrogen) atoms. The van der Waals surface area contributed by atoms with Crippen molar-refractivity contribution in [2.75, 3.05) is 0 Å². The van der Waals surface area contributed by atoms with Crippen LogP contribution in [0.2, 0.25) is 9.88 Å². The fourth-order valence-electron chi connectivity index (χ4n) is 1.48. The number of hydrogen-bond acceptors (Lipinski definition) is 2. The number of aryl methyl sites for hydroxylation is 1. The Hall–Kier alpha value is -0.0613. The molecule has 0 fully saturated rings. The zero-order valence-corrected chi connectivity index (χ0v) is 14.8. The monoisotopic (exact) mass is 356 g/mol. The van der Waals surface area contributed by atoms with Gasteiger partial charge in [0.05, 0.1) is 0 Å². The van der Waals surface area contributed by atoms with Gasteiger partial charge in [-0.25, -0.2) is 0 Å². The van der Waals surface area contributed by atoms with Gasteiger partial charge in [-0.3, -0.25) is 0 Å². The van der Waals surface area contributed by atoms with Gasteiger partial charge in [0.1, 0.15) is 0 Å². The Balaban J connectivity index is 2.11. The van der Waals surface area contributed by atoms with E-state index in [0.717, 1.165) is 0 Å². The van der Waals surface area contributed by atoms with E-state index in [4.69, 9.17) is 0 Å². The number of thiophene rings is 2. The average Bonchev–Trinajstić information content (AvgIpc) is 2.83. The molecule has 0 spiro atoms. The van der Waals surface area contributed by atoms with Crippen molar-refractivity contribution in [2.45, 2.75) is 16.8 Å². The van der Waals surface area contributed by atoms with Gasteiger partial charge >= 0.3 is 113 Å². The van der Waals surface area contributed by atoms with E-state index >= 15 is 0 Å². The molecular formula is C13H16S2Sn. The predicted octanol–water partition coefficient (Wildman–Crippen LogP) is 3.98. The van der Waals surface area contributed by atoms with Crippen molar-refractivity contribution < 1.29 is 0 Å². The molecule has 2 aromatic rings. The zero-order chi connectivity index (χ0) is 11.5. The van der Waals surface area contributed by atoms with Crippen LogP contribution >= 0.6 is 22.7 Å².